The van der Waals surface area contributed by atoms with Crippen molar-refractivity contribution in [2.45, 2.75) is 20.8 Å². The largest absolute Gasteiger partial charge is 0.375 e. The summed E-state index contributed by atoms with van der Waals surface area (Å²) in [4.78, 5) is 14.9. The van der Waals surface area contributed by atoms with Crippen LogP contribution in [0.5, 0.6) is 0 Å². The summed E-state index contributed by atoms with van der Waals surface area (Å²) in [5.74, 6) is 1.35. The molecule has 0 atom stereocenters. The first kappa shape index (κ1) is 18.3. The number of aryl methyl sites for hydroxylation is 3. The minimum Gasteiger partial charge on any atom is -0.375 e. The highest BCUT2D eigenvalue weighted by Gasteiger charge is 2.13. The number of rotatable bonds is 4. The Kier molecular flexibility index (Phi) is 4.25. The summed E-state index contributed by atoms with van der Waals surface area (Å²) < 4.78 is 1.93. The molecule has 0 radical (unpaired) electrons. The van der Waals surface area contributed by atoms with E-state index in [4.69, 9.17) is 10.7 Å². The normalized spacial score (nSPS) is 11.3. The molecule has 9 heteroatoms. The number of aromatic nitrogens is 6. The van der Waals surface area contributed by atoms with Gasteiger partial charge in [-0.2, -0.15) is 5.10 Å². The van der Waals surface area contributed by atoms with Gasteiger partial charge in [0.25, 0.3) is 0 Å². The van der Waals surface area contributed by atoms with Crippen LogP contribution in [-0.4, -0.2) is 29.5 Å². The lowest BCUT2D eigenvalue weighted by Crippen LogP contribution is -2.02. The Hall–Kier alpha value is -3.72. The lowest BCUT2D eigenvalue weighted by Gasteiger charge is -2.10. The number of thiazole rings is 1. The van der Waals surface area contributed by atoms with Gasteiger partial charge in [0, 0.05) is 29.6 Å². The van der Waals surface area contributed by atoms with E-state index < -0.39 is 0 Å². The van der Waals surface area contributed by atoms with Crippen LogP contribution in [0.2, 0.25) is 0 Å². The molecule has 0 unspecified atom stereocenters. The van der Waals surface area contributed by atoms with Gasteiger partial charge < -0.3 is 11.1 Å². The predicted molar refractivity (Wildman–Crippen MR) is 120 cm³/mol. The molecule has 0 aliphatic heterocycles. The van der Waals surface area contributed by atoms with Crippen molar-refractivity contribution >= 4 is 33.9 Å². The number of hydrogen-bond donors (Lipinski definition) is 3. The zero-order valence-corrected chi connectivity index (χ0v) is 17.6. The van der Waals surface area contributed by atoms with E-state index in [1.807, 2.05) is 55.6 Å². The topological polar surface area (TPSA) is 110 Å². The minimum absolute atomic E-state index is 0.570. The van der Waals surface area contributed by atoms with E-state index in [1.165, 1.54) is 11.3 Å². The molecule has 30 heavy (non-hydrogen) atoms. The second-order valence-electron chi connectivity index (χ2n) is 7.18. The highest BCUT2D eigenvalue weighted by Crippen LogP contribution is 2.34. The van der Waals surface area contributed by atoms with E-state index in [0.29, 0.717) is 16.9 Å². The van der Waals surface area contributed by atoms with E-state index in [2.05, 4.69) is 37.6 Å². The predicted octanol–water partition coefficient (Wildman–Crippen LogP) is 4.49. The second-order valence-corrected chi connectivity index (χ2v) is 8.21. The maximum Gasteiger partial charge on any atom is 0.215 e. The first-order valence-electron chi connectivity index (χ1n) is 9.46. The first-order valence-corrected chi connectivity index (χ1v) is 10.3. The molecule has 0 fully saturated rings. The molecular formula is C21H20N8S. The van der Waals surface area contributed by atoms with Gasteiger partial charge in [0.2, 0.25) is 5.95 Å². The number of benzene rings is 1. The number of anilines is 3. The number of fused-ring (bicyclic) bond motifs is 1. The molecule has 0 aliphatic rings. The van der Waals surface area contributed by atoms with Gasteiger partial charge in [0.1, 0.15) is 5.65 Å². The van der Waals surface area contributed by atoms with Crippen LogP contribution in [0.15, 0.2) is 42.6 Å². The van der Waals surface area contributed by atoms with E-state index in [1.54, 1.807) is 0 Å². The molecule has 0 amide bonds. The van der Waals surface area contributed by atoms with Crippen LogP contribution in [0.4, 0.5) is 16.9 Å². The fourth-order valence-corrected chi connectivity index (χ4v) is 4.28. The third kappa shape index (κ3) is 3.29. The third-order valence-electron chi connectivity index (χ3n) is 4.75. The number of nitrogens with one attached hydrogen (secondary N) is 2. The van der Waals surface area contributed by atoms with Crippen molar-refractivity contribution in [3.05, 3.63) is 59.7 Å². The van der Waals surface area contributed by atoms with Crippen molar-refractivity contribution in [2.75, 3.05) is 11.1 Å². The number of nitrogen functional groups attached to an aromatic ring is 1. The van der Waals surface area contributed by atoms with Gasteiger partial charge in [-0.05, 0) is 32.4 Å². The smallest absolute Gasteiger partial charge is 0.215 e. The summed E-state index contributed by atoms with van der Waals surface area (Å²) in [5, 5.41) is 11.1. The van der Waals surface area contributed by atoms with Crippen LogP contribution in [-0.2, 0) is 0 Å². The fraction of sp³-hybridized carbons (Fsp3) is 0.143. The number of nitrogens with two attached hydrogens (primary N) is 1. The number of nitrogens with zero attached hydrogens (tertiary/aromatic N) is 5. The molecule has 8 nitrogen and oxygen atoms in total. The molecular weight excluding hydrogens is 396 g/mol. The quantitative estimate of drug-likeness (QED) is 0.398. The maximum absolute atomic E-state index is 5.89. The molecule has 4 heterocycles. The molecule has 5 aromatic rings. The highest BCUT2D eigenvalue weighted by molar-refractivity contribution is 7.18. The average Bonchev–Trinajstić information content (AvgIpc) is 3.39. The van der Waals surface area contributed by atoms with Crippen LogP contribution < -0.4 is 11.1 Å². The Bertz CT molecular complexity index is 1380. The molecule has 0 bridgehead atoms. The monoisotopic (exact) mass is 416 g/mol. The second kappa shape index (κ2) is 6.96. The summed E-state index contributed by atoms with van der Waals surface area (Å²) in [6, 6.07) is 12.2. The van der Waals surface area contributed by atoms with Crippen molar-refractivity contribution in [1.82, 2.24) is 29.5 Å². The number of hydrogen-bond acceptors (Lipinski definition) is 7. The van der Waals surface area contributed by atoms with Gasteiger partial charge in [-0.1, -0.05) is 29.5 Å². The Morgan fingerprint density at radius 3 is 2.60 bits per heavy atom. The molecule has 5 rings (SSSR count). The summed E-state index contributed by atoms with van der Waals surface area (Å²) in [6.07, 6.45) is 1.95. The van der Waals surface area contributed by atoms with E-state index in [0.717, 1.165) is 44.4 Å². The summed E-state index contributed by atoms with van der Waals surface area (Å²) in [7, 11) is 0. The van der Waals surface area contributed by atoms with Gasteiger partial charge in [-0.25, -0.2) is 15.0 Å². The van der Waals surface area contributed by atoms with E-state index >= 15 is 0 Å². The Balaban J connectivity index is 1.62. The van der Waals surface area contributed by atoms with Gasteiger partial charge in [0.05, 0.1) is 22.0 Å². The summed E-state index contributed by atoms with van der Waals surface area (Å²) >= 11 is 1.49. The van der Waals surface area contributed by atoms with Crippen molar-refractivity contribution in [3.63, 3.8) is 0 Å². The fourth-order valence-electron chi connectivity index (χ4n) is 3.45. The number of H-pyrrole nitrogens is 1. The van der Waals surface area contributed by atoms with Crippen LogP contribution in [0, 0.1) is 20.8 Å². The maximum atomic E-state index is 5.89. The lowest BCUT2D eigenvalue weighted by atomic mass is 10.1. The molecule has 4 N–H and O–H groups in total. The SMILES string of the molecule is Cc1cn2c(Nc3cc(C)[nH]n3)nc(-c3cccc(-c4sc(N)nc4C)c3)cc2n1. The third-order valence-corrected chi connectivity index (χ3v) is 5.79. The number of imidazole rings is 1. The molecule has 0 spiro atoms. The Morgan fingerprint density at radius 1 is 1.03 bits per heavy atom. The van der Waals surface area contributed by atoms with Crippen LogP contribution in [0.25, 0.3) is 27.3 Å². The summed E-state index contributed by atoms with van der Waals surface area (Å²) in [5.41, 5.74) is 12.4. The van der Waals surface area contributed by atoms with Gasteiger partial charge in [0.15, 0.2) is 10.9 Å². The van der Waals surface area contributed by atoms with Crippen LogP contribution in [0.1, 0.15) is 17.1 Å². The van der Waals surface area contributed by atoms with Crippen LogP contribution in [0.3, 0.4) is 0 Å². The van der Waals surface area contributed by atoms with Crippen molar-refractivity contribution < 1.29 is 0 Å². The molecule has 150 valence electrons. The van der Waals surface area contributed by atoms with Crippen LogP contribution >= 0.6 is 11.3 Å². The molecule has 0 saturated carbocycles. The zero-order chi connectivity index (χ0) is 20.8. The number of aromatic amines is 1. The van der Waals surface area contributed by atoms with Gasteiger partial charge in [-0.15, -0.1) is 0 Å². The first-order chi connectivity index (χ1) is 14.5. The Morgan fingerprint density at radius 2 is 1.87 bits per heavy atom. The van der Waals surface area contributed by atoms with E-state index in [-0.39, 0.29) is 0 Å². The minimum atomic E-state index is 0.570. The van der Waals surface area contributed by atoms with Gasteiger partial charge in [-0.3, -0.25) is 9.50 Å². The van der Waals surface area contributed by atoms with Crippen molar-refractivity contribution in [3.8, 4) is 21.7 Å². The van der Waals surface area contributed by atoms with Crippen molar-refractivity contribution in [1.29, 1.82) is 0 Å². The lowest BCUT2D eigenvalue weighted by molar-refractivity contribution is 1.03. The van der Waals surface area contributed by atoms with Gasteiger partial charge >= 0.3 is 0 Å². The summed E-state index contributed by atoms with van der Waals surface area (Å²) in [6.45, 7) is 5.89. The highest BCUT2D eigenvalue weighted by atomic mass is 32.1. The van der Waals surface area contributed by atoms with Crippen molar-refractivity contribution in [2.24, 2.45) is 0 Å². The standard InChI is InChI=1S/C21H20N8S/c1-11-7-17(28-27-11)26-21-25-16(9-18-23-12(2)10-29(18)21)14-5-4-6-15(8-14)19-13(3)24-20(22)30-19/h4-10H,1-3H3,(H2,22,24)(H2,25,26,27,28). The average molecular weight is 417 g/mol. The molecule has 0 aliphatic carbocycles. The molecule has 0 saturated heterocycles. The molecule has 1 aromatic carbocycles. The Labute approximate surface area is 176 Å². The zero-order valence-electron chi connectivity index (χ0n) is 16.8. The van der Waals surface area contributed by atoms with E-state index in [9.17, 15) is 0 Å². The molecule has 4 aromatic heterocycles.